The summed E-state index contributed by atoms with van der Waals surface area (Å²) in [6.07, 6.45) is 1.82. The van der Waals surface area contributed by atoms with Crippen LogP contribution in [0.3, 0.4) is 0 Å². The normalized spacial score (nSPS) is 11.3. The second kappa shape index (κ2) is 7.89. The molecule has 0 bridgehead atoms. The maximum absolute atomic E-state index is 5.51. The summed E-state index contributed by atoms with van der Waals surface area (Å²) in [4.78, 5) is 11.1. The van der Waals surface area contributed by atoms with Crippen LogP contribution < -0.4 is 5.32 Å². The van der Waals surface area contributed by atoms with E-state index in [0.717, 1.165) is 49.6 Å². The summed E-state index contributed by atoms with van der Waals surface area (Å²) in [5, 5.41) is 3.31. The minimum Gasteiger partial charge on any atom is -0.379 e. The number of nitrogens with one attached hydrogen (secondary N) is 1. The lowest BCUT2D eigenvalue weighted by Crippen LogP contribution is -2.23. The van der Waals surface area contributed by atoms with Crippen LogP contribution >= 0.6 is 0 Å². The summed E-state index contributed by atoms with van der Waals surface area (Å²) in [5.41, 5.74) is 2.83. The van der Waals surface area contributed by atoms with Gasteiger partial charge < -0.3 is 15.0 Å². The first-order valence-electron chi connectivity index (χ1n) is 6.89. The molecule has 0 saturated heterocycles. The fraction of sp³-hybridized carbons (Fsp3) is 0.467. The van der Waals surface area contributed by atoms with Crippen molar-refractivity contribution < 1.29 is 4.74 Å². The zero-order chi connectivity index (χ0) is 14.2. The van der Waals surface area contributed by atoms with Crippen molar-refractivity contribution in [1.82, 2.24) is 20.2 Å². The third kappa shape index (κ3) is 4.85. The van der Waals surface area contributed by atoms with E-state index in [-0.39, 0.29) is 0 Å². The van der Waals surface area contributed by atoms with Crippen molar-refractivity contribution in [1.29, 1.82) is 0 Å². The molecule has 0 aliphatic carbocycles. The van der Waals surface area contributed by atoms with Gasteiger partial charge >= 0.3 is 0 Å². The van der Waals surface area contributed by atoms with Gasteiger partial charge in [0.25, 0.3) is 0 Å². The van der Waals surface area contributed by atoms with E-state index in [1.165, 1.54) is 0 Å². The highest BCUT2D eigenvalue weighted by Gasteiger charge is 1.99. The van der Waals surface area contributed by atoms with Gasteiger partial charge in [0.05, 0.1) is 36.1 Å². The first-order chi connectivity index (χ1) is 9.75. The maximum Gasteiger partial charge on any atom is 0.0890 e. The van der Waals surface area contributed by atoms with Gasteiger partial charge in [-0.05, 0) is 26.2 Å². The Morgan fingerprint density at radius 1 is 1.15 bits per heavy atom. The van der Waals surface area contributed by atoms with E-state index in [4.69, 9.17) is 4.74 Å². The Morgan fingerprint density at radius 3 is 2.75 bits per heavy atom. The number of rotatable bonds is 8. The number of likely N-dealkylation sites (N-methyl/N-ethyl adjacent to an activating group) is 1. The van der Waals surface area contributed by atoms with Gasteiger partial charge in [-0.3, -0.25) is 4.98 Å². The van der Waals surface area contributed by atoms with Crippen LogP contribution in [0, 0.1) is 0 Å². The Balaban J connectivity index is 1.68. The van der Waals surface area contributed by atoms with E-state index >= 15 is 0 Å². The fourth-order valence-corrected chi connectivity index (χ4v) is 1.79. The zero-order valence-electron chi connectivity index (χ0n) is 12.2. The maximum atomic E-state index is 5.51. The number of fused-ring (bicyclic) bond motifs is 1. The molecule has 1 heterocycles. The molecule has 0 fully saturated rings. The zero-order valence-corrected chi connectivity index (χ0v) is 12.2. The number of para-hydroxylation sites is 2. The molecule has 0 amide bonds. The van der Waals surface area contributed by atoms with E-state index in [1.807, 2.05) is 44.6 Å². The van der Waals surface area contributed by atoms with Crippen LogP contribution in [-0.2, 0) is 11.3 Å². The van der Waals surface area contributed by atoms with Crippen LogP contribution in [-0.4, -0.2) is 55.3 Å². The minimum absolute atomic E-state index is 0.717. The van der Waals surface area contributed by atoms with Crippen LogP contribution in [0.1, 0.15) is 5.69 Å². The van der Waals surface area contributed by atoms with Crippen LogP contribution in [0.2, 0.25) is 0 Å². The standard InChI is InChI=1S/C15H22N4O/c1-19(2)8-10-20-9-7-16-11-13-12-17-14-5-3-4-6-15(14)18-13/h3-6,12,16H,7-11H2,1-2H3. The summed E-state index contributed by atoms with van der Waals surface area (Å²) in [6.45, 7) is 3.98. The Labute approximate surface area is 120 Å². The van der Waals surface area contributed by atoms with Crippen molar-refractivity contribution in [2.24, 2.45) is 0 Å². The number of hydrogen-bond acceptors (Lipinski definition) is 5. The molecule has 0 spiro atoms. The van der Waals surface area contributed by atoms with E-state index in [9.17, 15) is 0 Å². The molecule has 5 heteroatoms. The highest BCUT2D eigenvalue weighted by molar-refractivity contribution is 5.73. The summed E-state index contributed by atoms with van der Waals surface area (Å²) >= 11 is 0. The van der Waals surface area contributed by atoms with Crippen molar-refractivity contribution in [3.63, 3.8) is 0 Å². The predicted octanol–water partition coefficient (Wildman–Crippen LogP) is 1.30. The van der Waals surface area contributed by atoms with Gasteiger partial charge in [0, 0.05) is 19.6 Å². The van der Waals surface area contributed by atoms with E-state index in [0.29, 0.717) is 0 Å². The molecule has 1 N–H and O–H groups in total. The molecule has 2 rings (SSSR count). The monoisotopic (exact) mass is 274 g/mol. The van der Waals surface area contributed by atoms with Crippen molar-refractivity contribution >= 4 is 11.0 Å². The van der Waals surface area contributed by atoms with Gasteiger partial charge in [0.2, 0.25) is 0 Å². The lowest BCUT2D eigenvalue weighted by molar-refractivity contribution is 0.119. The smallest absolute Gasteiger partial charge is 0.0890 e. The van der Waals surface area contributed by atoms with Crippen LogP contribution in [0.4, 0.5) is 0 Å². The molecule has 5 nitrogen and oxygen atoms in total. The molecule has 2 aromatic rings. The molecule has 0 aliphatic heterocycles. The molecule has 1 aromatic heterocycles. The van der Waals surface area contributed by atoms with Gasteiger partial charge in [-0.15, -0.1) is 0 Å². The molecule has 0 saturated carbocycles. The third-order valence-electron chi connectivity index (χ3n) is 2.91. The number of aromatic nitrogens is 2. The van der Waals surface area contributed by atoms with E-state index < -0.39 is 0 Å². The lowest BCUT2D eigenvalue weighted by Gasteiger charge is -2.10. The summed E-state index contributed by atoms with van der Waals surface area (Å²) in [7, 11) is 4.08. The molecular weight excluding hydrogens is 252 g/mol. The van der Waals surface area contributed by atoms with Gasteiger partial charge in [0.1, 0.15) is 0 Å². The van der Waals surface area contributed by atoms with Crippen molar-refractivity contribution in [2.75, 3.05) is 40.4 Å². The Bertz CT molecular complexity index is 530. The van der Waals surface area contributed by atoms with Gasteiger partial charge in [-0.25, -0.2) is 4.98 Å². The Kier molecular flexibility index (Phi) is 5.86. The first kappa shape index (κ1) is 14.8. The minimum atomic E-state index is 0.717. The topological polar surface area (TPSA) is 50.3 Å². The molecular formula is C15H22N4O. The fourth-order valence-electron chi connectivity index (χ4n) is 1.79. The first-order valence-corrected chi connectivity index (χ1v) is 6.89. The quantitative estimate of drug-likeness (QED) is 0.735. The Hall–Kier alpha value is -1.56. The highest BCUT2D eigenvalue weighted by atomic mass is 16.5. The molecule has 0 atom stereocenters. The second-order valence-electron chi connectivity index (χ2n) is 4.94. The highest BCUT2D eigenvalue weighted by Crippen LogP contribution is 2.07. The van der Waals surface area contributed by atoms with Crippen molar-refractivity contribution in [3.05, 3.63) is 36.2 Å². The SMILES string of the molecule is CN(C)CCOCCNCc1cnc2ccccc2n1. The van der Waals surface area contributed by atoms with E-state index in [2.05, 4.69) is 20.2 Å². The Morgan fingerprint density at radius 2 is 1.95 bits per heavy atom. The molecule has 0 aliphatic rings. The molecule has 20 heavy (non-hydrogen) atoms. The summed E-state index contributed by atoms with van der Waals surface area (Å²) in [5.74, 6) is 0. The lowest BCUT2D eigenvalue weighted by atomic mass is 10.3. The molecule has 108 valence electrons. The second-order valence-corrected chi connectivity index (χ2v) is 4.94. The van der Waals surface area contributed by atoms with Crippen LogP contribution in [0.25, 0.3) is 11.0 Å². The van der Waals surface area contributed by atoms with Crippen LogP contribution in [0.15, 0.2) is 30.5 Å². The molecule has 0 radical (unpaired) electrons. The average Bonchev–Trinajstić information content (AvgIpc) is 2.46. The summed E-state index contributed by atoms with van der Waals surface area (Å²) < 4.78 is 5.51. The average molecular weight is 274 g/mol. The summed E-state index contributed by atoms with van der Waals surface area (Å²) in [6, 6.07) is 7.90. The van der Waals surface area contributed by atoms with Crippen molar-refractivity contribution in [2.45, 2.75) is 6.54 Å². The number of benzene rings is 1. The van der Waals surface area contributed by atoms with E-state index in [1.54, 1.807) is 0 Å². The molecule has 1 aromatic carbocycles. The van der Waals surface area contributed by atoms with Gasteiger partial charge in [-0.2, -0.15) is 0 Å². The largest absolute Gasteiger partial charge is 0.379 e. The van der Waals surface area contributed by atoms with Crippen molar-refractivity contribution in [3.8, 4) is 0 Å². The number of ether oxygens (including phenoxy) is 1. The van der Waals surface area contributed by atoms with Gasteiger partial charge in [0.15, 0.2) is 0 Å². The predicted molar refractivity (Wildman–Crippen MR) is 80.6 cm³/mol. The van der Waals surface area contributed by atoms with Gasteiger partial charge in [-0.1, -0.05) is 12.1 Å². The third-order valence-corrected chi connectivity index (χ3v) is 2.91. The number of hydrogen-bond donors (Lipinski definition) is 1. The molecule has 0 unspecified atom stereocenters. The number of nitrogens with zero attached hydrogens (tertiary/aromatic N) is 3. The van der Waals surface area contributed by atoms with Crippen LogP contribution in [0.5, 0.6) is 0 Å².